The van der Waals surface area contributed by atoms with E-state index in [-0.39, 0.29) is 17.9 Å². The smallest absolute Gasteiger partial charge is 0.123 e. The quantitative estimate of drug-likeness (QED) is 0.557. The SMILES string of the molecule is COc1ccc(-c2ccc(F)cc2)cc1[C@@H](C)N[C@H]1CCCN[C@H]1c1ccccc1. The Morgan fingerprint density at radius 1 is 1.00 bits per heavy atom. The molecule has 156 valence electrons. The lowest BCUT2D eigenvalue weighted by Crippen LogP contribution is -2.46. The molecule has 0 bridgehead atoms. The van der Waals surface area contributed by atoms with Crippen LogP contribution in [0.25, 0.3) is 11.1 Å². The van der Waals surface area contributed by atoms with Gasteiger partial charge >= 0.3 is 0 Å². The third-order valence-electron chi connectivity index (χ3n) is 5.96. The molecule has 1 aliphatic rings. The normalized spacial score (nSPS) is 20.0. The summed E-state index contributed by atoms with van der Waals surface area (Å²) >= 11 is 0. The predicted molar refractivity (Wildman–Crippen MR) is 120 cm³/mol. The Balaban J connectivity index is 1.59. The van der Waals surface area contributed by atoms with Crippen LogP contribution in [0.5, 0.6) is 5.75 Å². The van der Waals surface area contributed by atoms with Crippen molar-refractivity contribution in [3.63, 3.8) is 0 Å². The van der Waals surface area contributed by atoms with Crippen LogP contribution in [-0.4, -0.2) is 19.7 Å². The minimum atomic E-state index is -0.223. The number of halogens is 1. The summed E-state index contributed by atoms with van der Waals surface area (Å²) in [5.74, 6) is 0.639. The van der Waals surface area contributed by atoms with Gasteiger partial charge in [-0.15, -0.1) is 0 Å². The summed E-state index contributed by atoms with van der Waals surface area (Å²) in [6.45, 7) is 3.22. The van der Waals surface area contributed by atoms with E-state index in [9.17, 15) is 4.39 Å². The van der Waals surface area contributed by atoms with E-state index in [0.29, 0.717) is 6.04 Å². The molecule has 3 aromatic rings. The maximum atomic E-state index is 13.3. The molecule has 0 radical (unpaired) electrons. The van der Waals surface area contributed by atoms with Crippen molar-refractivity contribution in [2.75, 3.05) is 13.7 Å². The topological polar surface area (TPSA) is 33.3 Å². The Morgan fingerprint density at radius 3 is 2.47 bits per heavy atom. The summed E-state index contributed by atoms with van der Waals surface area (Å²) < 4.78 is 19.0. The minimum absolute atomic E-state index is 0.108. The summed E-state index contributed by atoms with van der Waals surface area (Å²) in [5, 5.41) is 7.53. The van der Waals surface area contributed by atoms with Gasteiger partial charge in [-0.25, -0.2) is 4.39 Å². The molecule has 1 heterocycles. The molecule has 30 heavy (non-hydrogen) atoms. The summed E-state index contributed by atoms with van der Waals surface area (Å²) in [6, 6.07) is 24.2. The van der Waals surface area contributed by atoms with Gasteiger partial charge in [0.25, 0.3) is 0 Å². The molecule has 0 spiro atoms. The van der Waals surface area contributed by atoms with Gasteiger partial charge < -0.3 is 15.4 Å². The Hall–Kier alpha value is -2.69. The third kappa shape index (κ3) is 4.55. The standard InChI is InChI=1S/C26H29FN2O/c1-18(29-24-9-6-16-28-26(24)20-7-4-3-5-8-20)23-17-21(12-15-25(23)30-2)19-10-13-22(27)14-11-19/h3-5,7-8,10-15,17-18,24,26,28-29H,6,9,16H2,1-2H3/t18-,24+,26+/m1/s1. The van der Waals surface area contributed by atoms with Gasteiger partial charge in [-0.05, 0) is 67.3 Å². The molecule has 3 nitrogen and oxygen atoms in total. The molecule has 0 unspecified atom stereocenters. The second-order valence-electron chi connectivity index (χ2n) is 7.94. The van der Waals surface area contributed by atoms with Gasteiger partial charge in [-0.1, -0.05) is 48.5 Å². The number of benzene rings is 3. The fraction of sp³-hybridized carbons (Fsp3) is 0.308. The van der Waals surface area contributed by atoms with E-state index in [1.807, 2.05) is 24.3 Å². The van der Waals surface area contributed by atoms with Crippen LogP contribution >= 0.6 is 0 Å². The van der Waals surface area contributed by atoms with Crippen LogP contribution in [0.2, 0.25) is 0 Å². The van der Waals surface area contributed by atoms with E-state index >= 15 is 0 Å². The van der Waals surface area contributed by atoms with E-state index < -0.39 is 0 Å². The molecule has 0 aromatic heterocycles. The zero-order valence-electron chi connectivity index (χ0n) is 17.6. The van der Waals surface area contributed by atoms with E-state index in [0.717, 1.165) is 41.8 Å². The number of ether oxygens (including phenoxy) is 1. The molecule has 2 N–H and O–H groups in total. The van der Waals surface area contributed by atoms with Gasteiger partial charge in [0, 0.05) is 23.7 Å². The number of methoxy groups -OCH3 is 1. The molecular formula is C26H29FN2O. The first-order valence-corrected chi connectivity index (χ1v) is 10.6. The highest BCUT2D eigenvalue weighted by Crippen LogP contribution is 2.33. The number of hydrogen-bond donors (Lipinski definition) is 2. The van der Waals surface area contributed by atoms with E-state index in [2.05, 4.69) is 54.0 Å². The van der Waals surface area contributed by atoms with Gasteiger partial charge in [0.2, 0.25) is 0 Å². The van der Waals surface area contributed by atoms with Gasteiger partial charge in [-0.3, -0.25) is 0 Å². The summed E-state index contributed by atoms with van der Waals surface area (Å²) in [4.78, 5) is 0. The van der Waals surface area contributed by atoms with Crippen LogP contribution < -0.4 is 15.4 Å². The zero-order valence-corrected chi connectivity index (χ0v) is 17.6. The van der Waals surface area contributed by atoms with Gasteiger partial charge in [-0.2, -0.15) is 0 Å². The van der Waals surface area contributed by atoms with Crippen molar-refractivity contribution in [2.24, 2.45) is 0 Å². The molecular weight excluding hydrogens is 375 g/mol. The van der Waals surface area contributed by atoms with Crippen molar-refractivity contribution in [1.82, 2.24) is 10.6 Å². The molecule has 1 fully saturated rings. The van der Waals surface area contributed by atoms with Crippen LogP contribution in [0.15, 0.2) is 72.8 Å². The summed E-state index contributed by atoms with van der Waals surface area (Å²) in [7, 11) is 1.71. The maximum absolute atomic E-state index is 13.3. The number of piperidine rings is 1. The van der Waals surface area contributed by atoms with E-state index in [4.69, 9.17) is 4.74 Å². The molecule has 0 amide bonds. The molecule has 4 heteroatoms. The van der Waals surface area contributed by atoms with Crippen LogP contribution in [0.1, 0.15) is 43.0 Å². The summed E-state index contributed by atoms with van der Waals surface area (Å²) in [5.41, 5.74) is 4.47. The van der Waals surface area contributed by atoms with E-state index in [1.54, 1.807) is 7.11 Å². The highest BCUT2D eigenvalue weighted by molar-refractivity contribution is 5.66. The second-order valence-corrected chi connectivity index (χ2v) is 7.94. The Kier molecular flexibility index (Phi) is 6.46. The molecule has 1 saturated heterocycles. The van der Waals surface area contributed by atoms with Crippen molar-refractivity contribution in [3.05, 3.63) is 89.7 Å². The van der Waals surface area contributed by atoms with Crippen molar-refractivity contribution < 1.29 is 9.13 Å². The lowest BCUT2D eigenvalue weighted by molar-refractivity contribution is 0.284. The Morgan fingerprint density at radius 2 is 1.73 bits per heavy atom. The molecule has 4 rings (SSSR count). The van der Waals surface area contributed by atoms with Gasteiger partial charge in [0.1, 0.15) is 11.6 Å². The van der Waals surface area contributed by atoms with Crippen molar-refractivity contribution >= 4 is 0 Å². The summed E-state index contributed by atoms with van der Waals surface area (Å²) in [6.07, 6.45) is 2.28. The fourth-order valence-electron chi connectivity index (χ4n) is 4.38. The molecule has 1 aliphatic heterocycles. The maximum Gasteiger partial charge on any atom is 0.123 e. The molecule has 0 saturated carbocycles. The molecule has 0 aliphatic carbocycles. The minimum Gasteiger partial charge on any atom is -0.496 e. The first kappa shape index (κ1) is 20.6. The van der Waals surface area contributed by atoms with E-state index in [1.165, 1.54) is 17.7 Å². The second kappa shape index (κ2) is 9.41. The highest BCUT2D eigenvalue weighted by atomic mass is 19.1. The zero-order chi connectivity index (χ0) is 20.9. The van der Waals surface area contributed by atoms with Crippen LogP contribution in [-0.2, 0) is 0 Å². The van der Waals surface area contributed by atoms with Crippen molar-refractivity contribution in [3.8, 4) is 16.9 Å². The average Bonchev–Trinajstić information content (AvgIpc) is 2.80. The first-order chi connectivity index (χ1) is 14.7. The van der Waals surface area contributed by atoms with Gasteiger partial charge in [0.15, 0.2) is 0 Å². The van der Waals surface area contributed by atoms with Crippen LogP contribution in [0.4, 0.5) is 4.39 Å². The van der Waals surface area contributed by atoms with Crippen molar-refractivity contribution in [2.45, 2.75) is 37.9 Å². The number of hydrogen-bond acceptors (Lipinski definition) is 3. The fourth-order valence-corrected chi connectivity index (χ4v) is 4.38. The predicted octanol–water partition coefficient (Wildman–Crippen LogP) is 5.65. The third-order valence-corrected chi connectivity index (χ3v) is 5.96. The number of nitrogens with one attached hydrogen (secondary N) is 2. The lowest BCUT2D eigenvalue weighted by atomic mass is 9.90. The average molecular weight is 405 g/mol. The Bertz CT molecular complexity index is 959. The Labute approximate surface area is 178 Å². The number of rotatable bonds is 6. The van der Waals surface area contributed by atoms with Crippen LogP contribution in [0, 0.1) is 5.82 Å². The highest BCUT2D eigenvalue weighted by Gasteiger charge is 2.28. The molecule has 3 aromatic carbocycles. The molecule has 3 atom stereocenters. The largest absolute Gasteiger partial charge is 0.496 e. The first-order valence-electron chi connectivity index (χ1n) is 10.6. The lowest BCUT2D eigenvalue weighted by Gasteiger charge is -2.36. The van der Waals surface area contributed by atoms with Crippen molar-refractivity contribution in [1.29, 1.82) is 0 Å². The van der Waals surface area contributed by atoms with Gasteiger partial charge in [0.05, 0.1) is 7.11 Å². The monoisotopic (exact) mass is 404 g/mol. The van der Waals surface area contributed by atoms with Crippen LogP contribution in [0.3, 0.4) is 0 Å².